The molecule has 20 heavy (non-hydrogen) atoms. The summed E-state index contributed by atoms with van der Waals surface area (Å²) in [6.45, 7) is 3.52. The molecule has 1 aromatic carbocycles. The fraction of sp³-hybridized carbons (Fsp3) is 0.500. The normalized spacial score (nSPS) is 14.9. The molecule has 1 aliphatic rings. The van der Waals surface area contributed by atoms with E-state index in [-0.39, 0.29) is 0 Å². The maximum Gasteiger partial charge on any atom is 0.320 e. The lowest BCUT2D eigenvalue weighted by atomic mass is 10.1. The maximum absolute atomic E-state index is 11.1. The Kier molecular flexibility index (Phi) is 5.25. The number of carboxylic acid groups (broad SMARTS) is 1. The first kappa shape index (κ1) is 15.1. The second kappa shape index (κ2) is 6.95. The minimum Gasteiger partial charge on any atom is -0.486 e. The van der Waals surface area contributed by atoms with Gasteiger partial charge < -0.3 is 19.9 Å². The lowest BCUT2D eigenvalue weighted by Gasteiger charge is -2.20. The van der Waals surface area contributed by atoms with Crippen LogP contribution >= 0.6 is 15.9 Å². The highest BCUT2D eigenvalue weighted by atomic mass is 79.9. The monoisotopic (exact) mass is 343 g/mol. The van der Waals surface area contributed by atoms with Gasteiger partial charge in [-0.3, -0.25) is 4.79 Å². The molecule has 0 saturated heterocycles. The smallest absolute Gasteiger partial charge is 0.320 e. The standard InChI is InChI=1S/C14H18BrNO4/c1-2-3-11(14(17)18)16-8-9-6-12-13(7-10(9)15)20-5-4-19-12/h6-7,11,16H,2-5,8H2,1H3,(H,17,18)/t11-/m0/s1. The van der Waals surface area contributed by atoms with Crippen molar-refractivity contribution in [1.82, 2.24) is 5.32 Å². The van der Waals surface area contributed by atoms with E-state index < -0.39 is 12.0 Å². The van der Waals surface area contributed by atoms with Gasteiger partial charge in [-0.1, -0.05) is 29.3 Å². The minimum atomic E-state index is -0.819. The number of carbonyl (C=O) groups is 1. The van der Waals surface area contributed by atoms with Crippen LogP contribution in [0.15, 0.2) is 16.6 Å². The summed E-state index contributed by atoms with van der Waals surface area (Å²) in [6.07, 6.45) is 1.43. The molecule has 1 aromatic rings. The van der Waals surface area contributed by atoms with E-state index in [0.29, 0.717) is 31.9 Å². The Morgan fingerprint density at radius 1 is 1.40 bits per heavy atom. The quantitative estimate of drug-likeness (QED) is 0.830. The summed E-state index contributed by atoms with van der Waals surface area (Å²) in [4.78, 5) is 11.1. The van der Waals surface area contributed by atoms with Crippen LogP contribution in [0.5, 0.6) is 11.5 Å². The molecule has 0 saturated carbocycles. The summed E-state index contributed by atoms with van der Waals surface area (Å²) in [5, 5.41) is 12.2. The van der Waals surface area contributed by atoms with Crippen LogP contribution < -0.4 is 14.8 Å². The van der Waals surface area contributed by atoms with E-state index in [2.05, 4.69) is 21.2 Å². The van der Waals surface area contributed by atoms with E-state index in [1.807, 2.05) is 19.1 Å². The van der Waals surface area contributed by atoms with Crippen LogP contribution in [0.2, 0.25) is 0 Å². The van der Waals surface area contributed by atoms with Crippen molar-refractivity contribution in [3.63, 3.8) is 0 Å². The number of fused-ring (bicyclic) bond motifs is 1. The minimum absolute atomic E-state index is 0.466. The summed E-state index contributed by atoms with van der Waals surface area (Å²) < 4.78 is 11.9. The zero-order valence-corrected chi connectivity index (χ0v) is 12.9. The predicted octanol–water partition coefficient (Wildman–Crippen LogP) is 2.56. The Morgan fingerprint density at radius 2 is 2.05 bits per heavy atom. The zero-order chi connectivity index (χ0) is 14.5. The lowest BCUT2D eigenvalue weighted by molar-refractivity contribution is -0.139. The van der Waals surface area contributed by atoms with Crippen LogP contribution in [-0.2, 0) is 11.3 Å². The van der Waals surface area contributed by atoms with Gasteiger partial charge in [-0.15, -0.1) is 0 Å². The molecule has 5 nitrogen and oxygen atoms in total. The highest BCUT2D eigenvalue weighted by Crippen LogP contribution is 2.35. The van der Waals surface area contributed by atoms with Gasteiger partial charge in [0.25, 0.3) is 0 Å². The number of benzene rings is 1. The maximum atomic E-state index is 11.1. The first-order valence-corrected chi connectivity index (χ1v) is 7.45. The SMILES string of the molecule is CCC[C@H](NCc1cc2c(cc1Br)OCCO2)C(=O)O. The molecule has 110 valence electrons. The van der Waals surface area contributed by atoms with Gasteiger partial charge in [0.2, 0.25) is 0 Å². The molecular weight excluding hydrogens is 326 g/mol. The third kappa shape index (κ3) is 3.64. The van der Waals surface area contributed by atoms with E-state index in [4.69, 9.17) is 14.6 Å². The average molecular weight is 344 g/mol. The Hall–Kier alpha value is -1.27. The van der Waals surface area contributed by atoms with Crippen molar-refractivity contribution in [2.45, 2.75) is 32.4 Å². The summed E-state index contributed by atoms with van der Waals surface area (Å²) in [6, 6.07) is 3.22. The molecule has 0 fully saturated rings. The van der Waals surface area contributed by atoms with Gasteiger partial charge in [0.15, 0.2) is 11.5 Å². The van der Waals surface area contributed by atoms with E-state index >= 15 is 0 Å². The second-order valence-electron chi connectivity index (χ2n) is 4.65. The van der Waals surface area contributed by atoms with Gasteiger partial charge in [0.05, 0.1) is 0 Å². The largest absolute Gasteiger partial charge is 0.486 e. The van der Waals surface area contributed by atoms with Crippen molar-refractivity contribution in [2.75, 3.05) is 13.2 Å². The molecule has 1 aliphatic heterocycles. The third-order valence-corrected chi connectivity index (χ3v) is 3.86. The zero-order valence-electron chi connectivity index (χ0n) is 11.3. The van der Waals surface area contributed by atoms with Crippen LogP contribution in [0.4, 0.5) is 0 Å². The molecule has 2 rings (SSSR count). The van der Waals surface area contributed by atoms with E-state index in [1.165, 1.54) is 0 Å². The van der Waals surface area contributed by atoms with Crippen molar-refractivity contribution in [2.24, 2.45) is 0 Å². The van der Waals surface area contributed by atoms with E-state index in [0.717, 1.165) is 22.2 Å². The van der Waals surface area contributed by atoms with Gasteiger partial charge in [-0.05, 0) is 24.1 Å². The van der Waals surface area contributed by atoms with Crippen LogP contribution in [0.1, 0.15) is 25.3 Å². The fourth-order valence-electron chi connectivity index (χ4n) is 2.08. The first-order valence-electron chi connectivity index (χ1n) is 6.66. The molecule has 0 amide bonds. The highest BCUT2D eigenvalue weighted by Gasteiger charge is 2.18. The van der Waals surface area contributed by atoms with E-state index in [1.54, 1.807) is 0 Å². The molecule has 0 spiro atoms. The average Bonchev–Trinajstić information content (AvgIpc) is 2.43. The molecule has 6 heteroatoms. The number of rotatable bonds is 6. The summed E-state index contributed by atoms with van der Waals surface area (Å²) in [5.41, 5.74) is 0.955. The number of hydrogen-bond acceptors (Lipinski definition) is 4. The summed E-state index contributed by atoms with van der Waals surface area (Å²) >= 11 is 3.48. The van der Waals surface area contributed by atoms with Crippen LogP contribution in [0, 0.1) is 0 Å². The van der Waals surface area contributed by atoms with Gasteiger partial charge in [0, 0.05) is 11.0 Å². The summed E-state index contributed by atoms with van der Waals surface area (Å²) in [7, 11) is 0. The number of carboxylic acids is 1. The number of aliphatic carboxylic acids is 1. The predicted molar refractivity (Wildman–Crippen MR) is 78.3 cm³/mol. The van der Waals surface area contributed by atoms with Gasteiger partial charge in [-0.2, -0.15) is 0 Å². The van der Waals surface area contributed by atoms with Crippen molar-refractivity contribution in [1.29, 1.82) is 0 Å². The van der Waals surface area contributed by atoms with Gasteiger partial charge in [-0.25, -0.2) is 0 Å². The number of halogens is 1. The van der Waals surface area contributed by atoms with Crippen molar-refractivity contribution >= 4 is 21.9 Å². The molecule has 1 heterocycles. The second-order valence-corrected chi connectivity index (χ2v) is 5.50. The number of nitrogens with one attached hydrogen (secondary N) is 1. The van der Waals surface area contributed by atoms with Crippen molar-refractivity contribution in [3.05, 3.63) is 22.2 Å². The first-order chi connectivity index (χ1) is 9.61. The Bertz CT molecular complexity index is 492. The number of ether oxygens (including phenoxy) is 2. The number of hydrogen-bond donors (Lipinski definition) is 2. The Labute approximate surface area is 126 Å². The molecule has 1 atom stereocenters. The molecule has 0 radical (unpaired) electrons. The lowest BCUT2D eigenvalue weighted by Crippen LogP contribution is -2.36. The summed E-state index contributed by atoms with van der Waals surface area (Å²) in [5.74, 6) is 0.606. The van der Waals surface area contributed by atoms with Crippen molar-refractivity contribution < 1.29 is 19.4 Å². The molecule has 0 aromatic heterocycles. The van der Waals surface area contributed by atoms with Crippen LogP contribution in [-0.4, -0.2) is 30.3 Å². The van der Waals surface area contributed by atoms with E-state index in [9.17, 15) is 4.79 Å². The van der Waals surface area contributed by atoms with Gasteiger partial charge in [0.1, 0.15) is 19.3 Å². The fourth-order valence-corrected chi connectivity index (χ4v) is 2.54. The molecular formula is C14H18BrNO4. The molecule has 0 bridgehead atoms. The molecule has 2 N–H and O–H groups in total. The third-order valence-electron chi connectivity index (χ3n) is 3.13. The van der Waals surface area contributed by atoms with Crippen LogP contribution in [0.25, 0.3) is 0 Å². The Balaban J connectivity index is 2.07. The van der Waals surface area contributed by atoms with Crippen molar-refractivity contribution in [3.8, 4) is 11.5 Å². The Morgan fingerprint density at radius 3 is 2.65 bits per heavy atom. The highest BCUT2D eigenvalue weighted by molar-refractivity contribution is 9.10. The molecule has 0 unspecified atom stereocenters. The topological polar surface area (TPSA) is 67.8 Å². The van der Waals surface area contributed by atoms with Gasteiger partial charge >= 0.3 is 5.97 Å². The molecule has 0 aliphatic carbocycles. The van der Waals surface area contributed by atoms with Crippen LogP contribution in [0.3, 0.4) is 0 Å².